The monoisotopic (exact) mass is 286 g/mol. The molecule has 0 amide bonds. The average Bonchev–Trinajstić information content (AvgIpc) is 2.38. The van der Waals surface area contributed by atoms with Gasteiger partial charge in [-0.15, -0.1) is 0 Å². The van der Waals surface area contributed by atoms with Gasteiger partial charge in [0.1, 0.15) is 0 Å². The third kappa shape index (κ3) is 7.51. The molecular weight excluding hydrogens is 256 g/mol. The predicted molar refractivity (Wildman–Crippen MR) is 79.7 cm³/mol. The number of hydrogen-bond donors (Lipinski definition) is 2. The molecule has 0 rings (SSSR count). The maximum absolute atomic E-state index is 11.2. The van der Waals surface area contributed by atoms with Crippen LogP contribution in [0.25, 0.3) is 0 Å². The molecular formula is C16H30O4. The molecule has 0 aliphatic carbocycles. The SMILES string of the molecule is CCCCC(C)CCC(CCCC)C(C(=O)O)C(=O)O. The van der Waals surface area contributed by atoms with Crippen molar-refractivity contribution in [2.45, 2.75) is 72.1 Å². The van der Waals surface area contributed by atoms with Gasteiger partial charge in [-0.25, -0.2) is 0 Å². The van der Waals surface area contributed by atoms with Crippen molar-refractivity contribution in [3.8, 4) is 0 Å². The third-order valence-electron chi connectivity index (χ3n) is 4.01. The van der Waals surface area contributed by atoms with Crippen molar-refractivity contribution in [1.82, 2.24) is 0 Å². The molecule has 0 aliphatic heterocycles. The van der Waals surface area contributed by atoms with Crippen molar-refractivity contribution in [2.24, 2.45) is 17.8 Å². The Bertz CT molecular complexity index is 274. The van der Waals surface area contributed by atoms with Gasteiger partial charge < -0.3 is 10.2 Å². The largest absolute Gasteiger partial charge is 0.481 e. The van der Waals surface area contributed by atoms with Gasteiger partial charge in [-0.1, -0.05) is 59.3 Å². The molecule has 0 saturated heterocycles. The van der Waals surface area contributed by atoms with Gasteiger partial charge in [0.05, 0.1) is 0 Å². The van der Waals surface area contributed by atoms with Crippen molar-refractivity contribution in [3.05, 3.63) is 0 Å². The van der Waals surface area contributed by atoms with E-state index in [0.717, 1.165) is 32.1 Å². The first kappa shape index (κ1) is 18.9. The van der Waals surface area contributed by atoms with Crippen LogP contribution < -0.4 is 0 Å². The smallest absolute Gasteiger partial charge is 0.318 e. The average molecular weight is 286 g/mol. The summed E-state index contributed by atoms with van der Waals surface area (Å²) in [7, 11) is 0. The molecule has 4 heteroatoms. The van der Waals surface area contributed by atoms with Crippen molar-refractivity contribution >= 4 is 11.9 Å². The summed E-state index contributed by atoms with van der Waals surface area (Å²) in [6, 6.07) is 0. The molecule has 0 aromatic carbocycles. The number of carboxylic acids is 2. The fourth-order valence-corrected chi connectivity index (χ4v) is 2.65. The normalized spacial score (nSPS) is 14.2. The maximum Gasteiger partial charge on any atom is 0.318 e. The first-order valence-electron chi connectivity index (χ1n) is 7.89. The third-order valence-corrected chi connectivity index (χ3v) is 4.01. The second-order valence-corrected chi connectivity index (χ2v) is 5.88. The predicted octanol–water partition coefficient (Wildman–Crippen LogP) is 4.18. The molecule has 2 atom stereocenters. The Morgan fingerprint density at radius 3 is 1.80 bits per heavy atom. The van der Waals surface area contributed by atoms with E-state index in [2.05, 4.69) is 13.8 Å². The molecule has 0 fully saturated rings. The van der Waals surface area contributed by atoms with E-state index in [0.29, 0.717) is 18.8 Å². The molecule has 0 saturated carbocycles. The Kier molecular flexibility index (Phi) is 10.1. The van der Waals surface area contributed by atoms with E-state index in [-0.39, 0.29) is 5.92 Å². The molecule has 20 heavy (non-hydrogen) atoms. The summed E-state index contributed by atoms with van der Waals surface area (Å²) in [5.74, 6) is -3.34. The second-order valence-electron chi connectivity index (χ2n) is 5.88. The van der Waals surface area contributed by atoms with E-state index in [1.807, 2.05) is 6.92 Å². The number of carbonyl (C=O) groups is 2. The summed E-state index contributed by atoms with van der Waals surface area (Å²) in [6.07, 6.45) is 7.67. The van der Waals surface area contributed by atoms with Gasteiger partial charge in [-0.05, 0) is 24.7 Å². The highest BCUT2D eigenvalue weighted by Gasteiger charge is 2.34. The van der Waals surface area contributed by atoms with Crippen LogP contribution in [-0.4, -0.2) is 22.2 Å². The summed E-state index contributed by atoms with van der Waals surface area (Å²) in [4.78, 5) is 22.4. The quantitative estimate of drug-likeness (QED) is 0.528. The number of aliphatic carboxylic acids is 2. The van der Waals surface area contributed by atoms with E-state index in [1.165, 1.54) is 6.42 Å². The molecule has 4 nitrogen and oxygen atoms in total. The number of carboxylic acid groups (broad SMARTS) is 2. The molecule has 0 radical (unpaired) electrons. The lowest BCUT2D eigenvalue weighted by atomic mass is 9.82. The van der Waals surface area contributed by atoms with E-state index in [4.69, 9.17) is 10.2 Å². The second kappa shape index (κ2) is 10.7. The summed E-state index contributed by atoms with van der Waals surface area (Å²) in [5.41, 5.74) is 0. The van der Waals surface area contributed by atoms with Crippen molar-refractivity contribution in [2.75, 3.05) is 0 Å². The fourth-order valence-electron chi connectivity index (χ4n) is 2.65. The number of unbranched alkanes of at least 4 members (excludes halogenated alkanes) is 2. The van der Waals surface area contributed by atoms with E-state index < -0.39 is 17.9 Å². The summed E-state index contributed by atoms with van der Waals surface area (Å²) in [5, 5.41) is 18.3. The molecule has 2 unspecified atom stereocenters. The molecule has 0 spiro atoms. The lowest BCUT2D eigenvalue weighted by Crippen LogP contribution is -2.31. The van der Waals surface area contributed by atoms with Crippen molar-refractivity contribution in [1.29, 1.82) is 0 Å². The minimum atomic E-state index is -1.25. The van der Waals surface area contributed by atoms with Crippen LogP contribution in [0.3, 0.4) is 0 Å². The molecule has 0 aliphatic rings. The first-order chi connectivity index (χ1) is 9.43. The van der Waals surface area contributed by atoms with Crippen LogP contribution in [-0.2, 0) is 9.59 Å². The summed E-state index contributed by atoms with van der Waals surface area (Å²) in [6.45, 7) is 6.36. The first-order valence-corrected chi connectivity index (χ1v) is 7.89. The molecule has 0 aromatic heterocycles. The lowest BCUT2D eigenvalue weighted by Gasteiger charge is -2.22. The molecule has 0 bridgehead atoms. The molecule has 118 valence electrons. The topological polar surface area (TPSA) is 74.6 Å². The zero-order chi connectivity index (χ0) is 15.5. The molecule has 0 aromatic rings. The van der Waals surface area contributed by atoms with Crippen LogP contribution in [0, 0.1) is 17.8 Å². The zero-order valence-electron chi connectivity index (χ0n) is 13.1. The van der Waals surface area contributed by atoms with Crippen molar-refractivity contribution < 1.29 is 19.8 Å². The van der Waals surface area contributed by atoms with E-state index in [9.17, 15) is 9.59 Å². The van der Waals surface area contributed by atoms with Crippen LogP contribution in [0.15, 0.2) is 0 Å². The Hall–Kier alpha value is -1.06. The maximum atomic E-state index is 11.2. The molecule has 0 heterocycles. The van der Waals surface area contributed by atoms with Crippen LogP contribution >= 0.6 is 0 Å². The lowest BCUT2D eigenvalue weighted by molar-refractivity contribution is -0.157. The van der Waals surface area contributed by atoms with Gasteiger partial charge in [0.2, 0.25) is 0 Å². The van der Waals surface area contributed by atoms with Gasteiger partial charge in [0, 0.05) is 0 Å². The number of rotatable bonds is 12. The van der Waals surface area contributed by atoms with E-state index >= 15 is 0 Å². The fraction of sp³-hybridized carbons (Fsp3) is 0.875. The Morgan fingerprint density at radius 1 is 0.850 bits per heavy atom. The molecule has 2 N–H and O–H groups in total. The van der Waals surface area contributed by atoms with Crippen LogP contribution in [0.1, 0.15) is 72.1 Å². The summed E-state index contributed by atoms with van der Waals surface area (Å²) < 4.78 is 0. The Labute approximate surface area is 122 Å². The van der Waals surface area contributed by atoms with Gasteiger partial charge in [-0.3, -0.25) is 9.59 Å². The Morgan fingerprint density at radius 2 is 1.35 bits per heavy atom. The van der Waals surface area contributed by atoms with Crippen molar-refractivity contribution in [3.63, 3.8) is 0 Å². The Balaban J connectivity index is 4.53. The van der Waals surface area contributed by atoms with Crippen LogP contribution in [0.2, 0.25) is 0 Å². The van der Waals surface area contributed by atoms with Gasteiger partial charge in [0.25, 0.3) is 0 Å². The highest BCUT2D eigenvalue weighted by atomic mass is 16.4. The minimum Gasteiger partial charge on any atom is -0.481 e. The standard InChI is InChI=1S/C16H30O4/c1-4-6-8-12(3)10-11-13(9-7-5-2)14(15(17)18)16(19)20/h12-14H,4-11H2,1-3H3,(H,17,18)(H,19,20). The van der Waals surface area contributed by atoms with Gasteiger partial charge in [-0.2, -0.15) is 0 Å². The van der Waals surface area contributed by atoms with Gasteiger partial charge >= 0.3 is 11.9 Å². The highest BCUT2D eigenvalue weighted by molar-refractivity contribution is 5.93. The minimum absolute atomic E-state index is 0.242. The highest BCUT2D eigenvalue weighted by Crippen LogP contribution is 2.28. The summed E-state index contributed by atoms with van der Waals surface area (Å²) >= 11 is 0. The number of hydrogen-bond acceptors (Lipinski definition) is 2. The van der Waals surface area contributed by atoms with E-state index in [1.54, 1.807) is 0 Å². The van der Waals surface area contributed by atoms with Crippen LogP contribution in [0.5, 0.6) is 0 Å². The van der Waals surface area contributed by atoms with Crippen LogP contribution in [0.4, 0.5) is 0 Å². The van der Waals surface area contributed by atoms with Gasteiger partial charge in [0.15, 0.2) is 5.92 Å². The zero-order valence-corrected chi connectivity index (χ0v) is 13.1.